The molecule has 2 aliphatic rings. The molecule has 0 aromatic heterocycles. The summed E-state index contributed by atoms with van der Waals surface area (Å²) in [6.45, 7) is 0.624. The van der Waals surface area contributed by atoms with E-state index in [9.17, 15) is 18.4 Å². The molecule has 2 atom stereocenters. The number of amides is 1. The summed E-state index contributed by atoms with van der Waals surface area (Å²) < 4.78 is 33.0. The molecular formula is C18H21F2NO4. The fourth-order valence-corrected chi connectivity index (χ4v) is 3.88. The SMILES string of the molecule is O=C(O)[C@H]1CC[C@@H](NC(=O)C2(c3ccc(F)cc3F)CCOCC2)C1. The summed E-state index contributed by atoms with van der Waals surface area (Å²) in [5.74, 6) is -3.09. The van der Waals surface area contributed by atoms with Crippen molar-refractivity contribution in [1.82, 2.24) is 5.32 Å². The molecule has 3 rings (SSSR count). The molecule has 1 heterocycles. The Kier molecular flexibility index (Phi) is 5.03. The molecule has 25 heavy (non-hydrogen) atoms. The minimum absolute atomic E-state index is 0.169. The summed E-state index contributed by atoms with van der Waals surface area (Å²) >= 11 is 0. The zero-order chi connectivity index (χ0) is 18.0. The number of hydrogen-bond donors (Lipinski definition) is 2. The number of rotatable bonds is 4. The van der Waals surface area contributed by atoms with E-state index in [-0.39, 0.29) is 17.5 Å². The first kappa shape index (κ1) is 17.8. The van der Waals surface area contributed by atoms with Gasteiger partial charge in [-0.2, -0.15) is 0 Å². The zero-order valence-corrected chi connectivity index (χ0v) is 13.8. The molecule has 136 valence electrons. The van der Waals surface area contributed by atoms with Gasteiger partial charge in [0.05, 0.1) is 11.3 Å². The first-order valence-electron chi connectivity index (χ1n) is 8.49. The molecule has 1 saturated carbocycles. The minimum atomic E-state index is -1.11. The Labute approximate surface area is 144 Å². The van der Waals surface area contributed by atoms with Crippen molar-refractivity contribution in [3.63, 3.8) is 0 Å². The van der Waals surface area contributed by atoms with Gasteiger partial charge in [0.2, 0.25) is 5.91 Å². The number of aliphatic carboxylic acids is 1. The number of nitrogens with one attached hydrogen (secondary N) is 1. The number of carboxylic acids is 1. The van der Waals surface area contributed by atoms with Crippen LogP contribution < -0.4 is 5.32 Å². The van der Waals surface area contributed by atoms with Crippen LogP contribution in [-0.4, -0.2) is 36.2 Å². The maximum Gasteiger partial charge on any atom is 0.306 e. The highest BCUT2D eigenvalue weighted by molar-refractivity contribution is 5.88. The van der Waals surface area contributed by atoms with Crippen molar-refractivity contribution in [3.8, 4) is 0 Å². The topological polar surface area (TPSA) is 75.6 Å². The summed E-state index contributed by atoms with van der Waals surface area (Å²) in [7, 11) is 0. The maximum atomic E-state index is 14.4. The molecule has 0 unspecified atom stereocenters. The van der Waals surface area contributed by atoms with Crippen molar-refractivity contribution >= 4 is 11.9 Å². The van der Waals surface area contributed by atoms with Crippen molar-refractivity contribution in [2.75, 3.05) is 13.2 Å². The molecule has 1 aliphatic heterocycles. The van der Waals surface area contributed by atoms with Gasteiger partial charge in [0.15, 0.2) is 0 Å². The van der Waals surface area contributed by atoms with E-state index >= 15 is 0 Å². The van der Waals surface area contributed by atoms with E-state index in [4.69, 9.17) is 9.84 Å². The summed E-state index contributed by atoms with van der Waals surface area (Å²) in [5.41, 5.74) is -0.945. The van der Waals surface area contributed by atoms with Gasteiger partial charge in [0.25, 0.3) is 0 Å². The van der Waals surface area contributed by atoms with Crippen LogP contribution in [0.2, 0.25) is 0 Å². The lowest BCUT2D eigenvalue weighted by atomic mass is 9.73. The smallest absolute Gasteiger partial charge is 0.306 e. The van der Waals surface area contributed by atoms with E-state index in [0.29, 0.717) is 45.3 Å². The molecule has 5 nitrogen and oxygen atoms in total. The lowest BCUT2D eigenvalue weighted by Gasteiger charge is -2.37. The van der Waals surface area contributed by atoms with Crippen LogP contribution in [0.4, 0.5) is 8.78 Å². The fraction of sp³-hybridized carbons (Fsp3) is 0.556. The molecule has 0 spiro atoms. The molecule has 1 saturated heterocycles. The highest BCUT2D eigenvalue weighted by Gasteiger charge is 2.45. The number of benzene rings is 1. The van der Waals surface area contributed by atoms with Crippen LogP contribution in [-0.2, 0) is 19.7 Å². The van der Waals surface area contributed by atoms with Crippen LogP contribution in [0.3, 0.4) is 0 Å². The quantitative estimate of drug-likeness (QED) is 0.871. The molecule has 1 amide bonds. The van der Waals surface area contributed by atoms with Gasteiger partial charge in [-0.3, -0.25) is 9.59 Å². The van der Waals surface area contributed by atoms with E-state index in [2.05, 4.69) is 5.32 Å². The highest BCUT2D eigenvalue weighted by atomic mass is 19.1. The third-order valence-corrected chi connectivity index (χ3v) is 5.34. The molecule has 1 aromatic rings. The van der Waals surface area contributed by atoms with Gasteiger partial charge < -0.3 is 15.2 Å². The summed E-state index contributed by atoms with van der Waals surface area (Å²) in [5, 5.41) is 12.0. The van der Waals surface area contributed by atoms with Crippen molar-refractivity contribution in [2.45, 2.75) is 43.6 Å². The molecule has 2 N–H and O–H groups in total. The predicted molar refractivity (Wildman–Crippen MR) is 85.0 cm³/mol. The van der Waals surface area contributed by atoms with E-state index < -0.39 is 28.9 Å². The van der Waals surface area contributed by atoms with E-state index in [1.54, 1.807) is 0 Å². The molecule has 2 fully saturated rings. The lowest BCUT2D eigenvalue weighted by Crippen LogP contribution is -2.51. The third-order valence-electron chi connectivity index (χ3n) is 5.34. The predicted octanol–water partition coefficient (Wildman–Crippen LogP) is 2.38. The molecular weight excluding hydrogens is 332 g/mol. The van der Waals surface area contributed by atoms with Gasteiger partial charge in [0.1, 0.15) is 11.6 Å². The largest absolute Gasteiger partial charge is 0.481 e. The van der Waals surface area contributed by atoms with Crippen LogP contribution in [0.1, 0.15) is 37.7 Å². The average molecular weight is 353 g/mol. The second kappa shape index (κ2) is 7.07. The minimum Gasteiger partial charge on any atom is -0.481 e. The van der Waals surface area contributed by atoms with Crippen LogP contribution in [0.15, 0.2) is 18.2 Å². The molecule has 0 radical (unpaired) electrons. The third kappa shape index (κ3) is 3.51. The van der Waals surface area contributed by atoms with Crippen LogP contribution >= 0.6 is 0 Å². The first-order valence-corrected chi connectivity index (χ1v) is 8.49. The first-order chi connectivity index (χ1) is 11.9. The van der Waals surface area contributed by atoms with Crippen LogP contribution in [0.5, 0.6) is 0 Å². The monoisotopic (exact) mass is 353 g/mol. The van der Waals surface area contributed by atoms with Crippen LogP contribution in [0.25, 0.3) is 0 Å². The van der Waals surface area contributed by atoms with Gasteiger partial charge in [-0.05, 0) is 38.2 Å². The van der Waals surface area contributed by atoms with Gasteiger partial charge in [-0.25, -0.2) is 8.78 Å². The van der Waals surface area contributed by atoms with Gasteiger partial charge in [-0.1, -0.05) is 6.07 Å². The van der Waals surface area contributed by atoms with Gasteiger partial charge in [-0.15, -0.1) is 0 Å². The van der Waals surface area contributed by atoms with Crippen molar-refractivity contribution in [1.29, 1.82) is 0 Å². The second-order valence-electron chi connectivity index (χ2n) is 6.84. The standard InChI is InChI=1S/C18H21F2NO4/c19-12-2-4-14(15(20)10-12)18(5-7-25-8-6-18)17(24)21-13-3-1-11(9-13)16(22)23/h2,4,10-11,13H,1,3,5-9H2,(H,21,24)(H,22,23)/t11-,13+/m0/s1. The molecule has 7 heteroatoms. The highest BCUT2D eigenvalue weighted by Crippen LogP contribution is 2.38. The normalized spacial score (nSPS) is 25.5. The Balaban J connectivity index is 1.83. The number of ether oxygens (including phenoxy) is 1. The van der Waals surface area contributed by atoms with Gasteiger partial charge in [0, 0.05) is 30.9 Å². The van der Waals surface area contributed by atoms with Crippen molar-refractivity contribution in [2.24, 2.45) is 5.92 Å². The van der Waals surface area contributed by atoms with Crippen LogP contribution in [0, 0.1) is 17.6 Å². The second-order valence-corrected chi connectivity index (χ2v) is 6.84. The van der Waals surface area contributed by atoms with Crippen molar-refractivity contribution in [3.05, 3.63) is 35.4 Å². The fourth-order valence-electron chi connectivity index (χ4n) is 3.88. The summed E-state index contributed by atoms with van der Waals surface area (Å²) in [4.78, 5) is 24.1. The zero-order valence-electron chi connectivity index (χ0n) is 13.8. The Hall–Kier alpha value is -2.02. The van der Waals surface area contributed by atoms with E-state index in [1.165, 1.54) is 6.07 Å². The maximum absolute atomic E-state index is 14.4. The lowest BCUT2D eigenvalue weighted by molar-refractivity contribution is -0.141. The number of carbonyl (C=O) groups excluding carboxylic acids is 1. The van der Waals surface area contributed by atoms with Gasteiger partial charge >= 0.3 is 5.97 Å². The van der Waals surface area contributed by atoms with E-state index in [0.717, 1.165) is 12.1 Å². The molecule has 1 aromatic carbocycles. The number of halogens is 2. The number of carbonyl (C=O) groups is 2. The molecule has 0 bridgehead atoms. The summed E-state index contributed by atoms with van der Waals surface area (Å²) in [6.07, 6.45) is 2.08. The Morgan fingerprint density at radius 2 is 1.92 bits per heavy atom. The Morgan fingerprint density at radius 1 is 1.20 bits per heavy atom. The molecule has 1 aliphatic carbocycles. The van der Waals surface area contributed by atoms with Crippen molar-refractivity contribution < 1.29 is 28.2 Å². The summed E-state index contributed by atoms with van der Waals surface area (Å²) in [6, 6.07) is 3.02. The number of carboxylic acid groups (broad SMARTS) is 1. The number of hydrogen-bond acceptors (Lipinski definition) is 3. The van der Waals surface area contributed by atoms with E-state index in [1.807, 2.05) is 0 Å². The Bertz CT molecular complexity index is 673. The average Bonchev–Trinajstić information content (AvgIpc) is 3.04. The Morgan fingerprint density at radius 3 is 2.52 bits per heavy atom.